The van der Waals surface area contributed by atoms with E-state index in [9.17, 15) is 4.79 Å². The van der Waals surface area contributed by atoms with Crippen LogP contribution in [0.15, 0.2) is 97.3 Å². The third-order valence-electron chi connectivity index (χ3n) is 10.6. The average molecular weight is 689 g/mol. The molecule has 3 atom stereocenters. The van der Waals surface area contributed by atoms with Crippen LogP contribution in [0.2, 0.25) is 5.04 Å². The van der Waals surface area contributed by atoms with Crippen LogP contribution in [0.1, 0.15) is 81.5 Å². The van der Waals surface area contributed by atoms with E-state index in [1.165, 1.54) is 10.4 Å². The molecule has 0 amide bonds. The van der Waals surface area contributed by atoms with Gasteiger partial charge in [0.1, 0.15) is 5.56 Å². The number of anilines is 1. The molecule has 1 saturated heterocycles. The largest absolute Gasteiger partial charge is 0.462 e. The van der Waals surface area contributed by atoms with E-state index in [1.54, 1.807) is 10.9 Å². The van der Waals surface area contributed by atoms with Crippen molar-refractivity contribution in [3.05, 3.63) is 114 Å². The standard InChI is InChI=1S/C40H48N6O3Si/c1-7-48-38(47)34-26-41-46(37(34)35-25-40(35,5)36-28-44(6)43-42-36)30-17-14-16-29(24-30)45-23-15-18-31(27-45)49-50(39(2,3)4,32-19-10-8-11-20-32)33-21-12-9-13-22-33/h8-14,16-17,19-22,24,26,28,31,35H,7,15,18,23,25,27H2,1-6H3/t31-,35+,40-/m1/s1. The van der Waals surface area contributed by atoms with Gasteiger partial charge < -0.3 is 14.1 Å². The number of carbonyl (C=O) groups excluding carboxylic acids is 1. The van der Waals surface area contributed by atoms with Crippen LogP contribution in [-0.2, 0) is 21.6 Å². The second kappa shape index (κ2) is 13.3. The van der Waals surface area contributed by atoms with E-state index in [2.05, 4.69) is 128 Å². The molecule has 0 unspecified atom stereocenters. The van der Waals surface area contributed by atoms with Crippen LogP contribution >= 0.6 is 0 Å². The van der Waals surface area contributed by atoms with E-state index in [1.807, 2.05) is 24.9 Å². The van der Waals surface area contributed by atoms with Gasteiger partial charge in [0.15, 0.2) is 0 Å². The van der Waals surface area contributed by atoms with Gasteiger partial charge in [-0.3, -0.25) is 4.68 Å². The minimum atomic E-state index is -2.69. The zero-order valence-corrected chi connectivity index (χ0v) is 31.0. The quantitative estimate of drug-likeness (QED) is 0.128. The van der Waals surface area contributed by atoms with Crippen molar-refractivity contribution in [1.29, 1.82) is 0 Å². The molecular formula is C40H48N6O3Si. The number of piperidine rings is 1. The number of ether oxygens (including phenoxy) is 1. The molecule has 0 radical (unpaired) electrons. The summed E-state index contributed by atoms with van der Waals surface area (Å²) in [6, 6.07) is 30.3. The first-order valence-electron chi connectivity index (χ1n) is 17.8. The van der Waals surface area contributed by atoms with Gasteiger partial charge in [0, 0.05) is 43.4 Å². The lowest BCUT2D eigenvalue weighted by Gasteiger charge is -2.47. The highest BCUT2D eigenvalue weighted by Gasteiger charge is 2.57. The zero-order chi connectivity index (χ0) is 35.1. The highest BCUT2D eigenvalue weighted by atomic mass is 28.4. The van der Waals surface area contributed by atoms with E-state index in [0.717, 1.165) is 55.1 Å². The number of hydrogen-bond acceptors (Lipinski definition) is 7. The van der Waals surface area contributed by atoms with Crippen molar-refractivity contribution >= 4 is 30.3 Å². The molecule has 2 aliphatic rings. The number of aromatic nitrogens is 5. The van der Waals surface area contributed by atoms with Crippen molar-refractivity contribution in [2.75, 3.05) is 24.6 Å². The van der Waals surface area contributed by atoms with Crippen LogP contribution in [-0.4, -0.2) is 64.9 Å². The van der Waals surface area contributed by atoms with Crippen LogP contribution in [0.25, 0.3) is 5.69 Å². The van der Waals surface area contributed by atoms with Crippen LogP contribution in [0.5, 0.6) is 0 Å². The SMILES string of the molecule is CCOC(=O)c1cnn(-c2cccc(N3CCC[C@@H](O[Si](c4ccccc4)(c4ccccc4)C(C)(C)C)C3)c2)c1[C@@H]1C[C@@]1(C)c1cn(C)nn1. The normalized spacial score (nSPS) is 20.9. The van der Waals surface area contributed by atoms with E-state index in [-0.39, 0.29) is 28.4 Å². The molecule has 9 nitrogen and oxygen atoms in total. The van der Waals surface area contributed by atoms with E-state index >= 15 is 0 Å². The van der Waals surface area contributed by atoms with Crippen LogP contribution in [0.3, 0.4) is 0 Å². The summed E-state index contributed by atoms with van der Waals surface area (Å²) in [4.78, 5) is 15.7. The Hall–Kier alpha value is -4.54. The summed E-state index contributed by atoms with van der Waals surface area (Å²) in [6.07, 6.45) is 6.57. The summed E-state index contributed by atoms with van der Waals surface area (Å²) >= 11 is 0. The smallest absolute Gasteiger partial charge is 0.341 e. The maximum Gasteiger partial charge on any atom is 0.341 e. The Balaban J connectivity index is 1.21. The molecule has 0 bridgehead atoms. The fourth-order valence-electron chi connectivity index (χ4n) is 7.95. The molecule has 3 aromatic carbocycles. The number of benzene rings is 3. The number of nitrogens with zero attached hydrogens (tertiary/aromatic N) is 6. The Morgan fingerprint density at radius 3 is 2.28 bits per heavy atom. The molecule has 0 spiro atoms. The van der Waals surface area contributed by atoms with E-state index in [0.29, 0.717) is 12.2 Å². The molecule has 5 aromatic rings. The topological polar surface area (TPSA) is 87.3 Å². The van der Waals surface area contributed by atoms with Crippen molar-refractivity contribution in [3.8, 4) is 5.69 Å². The first-order chi connectivity index (χ1) is 24.0. The summed E-state index contributed by atoms with van der Waals surface area (Å²) in [7, 11) is -0.818. The molecule has 0 N–H and O–H groups in total. The number of esters is 1. The molecule has 2 aromatic heterocycles. The second-order valence-electron chi connectivity index (χ2n) is 15.0. The minimum Gasteiger partial charge on any atom is -0.462 e. The monoisotopic (exact) mass is 688 g/mol. The second-order valence-corrected chi connectivity index (χ2v) is 19.3. The van der Waals surface area contributed by atoms with Crippen LogP contribution in [0, 0.1) is 0 Å². The predicted molar refractivity (Wildman–Crippen MR) is 199 cm³/mol. The van der Waals surface area contributed by atoms with Crippen LogP contribution in [0.4, 0.5) is 5.69 Å². The predicted octanol–water partition coefficient (Wildman–Crippen LogP) is 6.17. The Bertz CT molecular complexity index is 1910. The fourth-order valence-corrected chi connectivity index (χ4v) is 12.7. The molecule has 1 aliphatic carbocycles. The first kappa shape index (κ1) is 33.9. The first-order valence-corrected chi connectivity index (χ1v) is 19.7. The van der Waals surface area contributed by atoms with Crippen LogP contribution < -0.4 is 15.3 Å². The van der Waals surface area contributed by atoms with Gasteiger partial charge in [0.2, 0.25) is 0 Å². The molecule has 50 heavy (non-hydrogen) atoms. The summed E-state index contributed by atoms with van der Waals surface area (Å²) in [6.45, 7) is 13.1. The van der Waals surface area contributed by atoms with Gasteiger partial charge >= 0.3 is 5.97 Å². The highest BCUT2D eigenvalue weighted by molar-refractivity contribution is 6.99. The Morgan fingerprint density at radius 1 is 0.980 bits per heavy atom. The summed E-state index contributed by atoms with van der Waals surface area (Å²) in [5, 5.41) is 15.9. The van der Waals surface area contributed by atoms with Crippen molar-refractivity contribution in [3.63, 3.8) is 0 Å². The molecule has 1 aliphatic heterocycles. The van der Waals surface area contributed by atoms with Crippen molar-refractivity contribution < 1.29 is 14.0 Å². The lowest BCUT2D eigenvalue weighted by Crippen LogP contribution is -2.68. The van der Waals surface area contributed by atoms with Gasteiger partial charge in [-0.2, -0.15) is 5.10 Å². The van der Waals surface area contributed by atoms with Gasteiger partial charge in [0.25, 0.3) is 8.32 Å². The highest BCUT2D eigenvalue weighted by Crippen LogP contribution is 2.60. The van der Waals surface area contributed by atoms with E-state index in [4.69, 9.17) is 14.3 Å². The van der Waals surface area contributed by atoms with Crippen molar-refractivity contribution in [1.82, 2.24) is 24.8 Å². The maximum absolute atomic E-state index is 13.2. The number of aryl methyl sites for hydroxylation is 1. The minimum absolute atomic E-state index is 0.0454. The molecule has 10 heteroatoms. The van der Waals surface area contributed by atoms with Gasteiger partial charge in [-0.15, -0.1) is 5.10 Å². The van der Waals surface area contributed by atoms with Crippen molar-refractivity contribution in [2.45, 2.75) is 76.4 Å². The maximum atomic E-state index is 13.2. The van der Waals surface area contributed by atoms with Gasteiger partial charge in [-0.05, 0) is 59.8 Å². The Labute approximate surface area is 296 Å². The summed E-state index contributed by atoms with van der Waals surface area (Å²) < 4.78 is 16.7. The third kappa shape index (κ3) is 6.09. The lowest BCUT2D eigenvalue weighted by atomic mass is 9.99. The van der Waals surface area contributed by atoms with Gasteiger partial charge in [-0.1, -0.05) is 99.6 Å². The van der Waals surface area contributed by atoms with Crippen molar-refractivity contribution in [2.24, 2.45) is 7.05 Å². The Kier molecular flexibility index (Phi) is 9.02. The Morgan fingerprint density at radius 2 is 1.66 bits per heavy atom. The number of rotatable bonds is 10. The fraction of sp³-hybridized carbons (Fsp3) is 0.400. The molecular weight excluding hydrogens is 641 g/mol. The summed E-state index contributed by atoms with van der Waals surface area (Å²) in [5.74, 6) is -0.304. The van der Waals surface area contributed by atoms with Gasteiger partial charge in [-0.25, -0.2) is 9.48 Å². The van der Waals surface area contributed by atoms with E-state index < -0.39 is 8.32 Å². The molecule has 2 fully saturated rings. The third-order valence-corrected chi connectivity index (χ3v) is 15.7. The average Bonchev–Trinajstić information content (AvgIpc) is 3.41. The number of carbonyl (C=O) groups is 1. The lowest BCUT2D eigenvalue weighted by molar-refractivity contribution is 0.0525. The molecule has 1 saturated carbocycles. The number of hydrogen-bond donors (Lipinski definition) is 0. The summed E-state index contributed by atoms with van der Waals surface area (Å²) in [5.41, 5.74) is 4.07. The molecule has 7 rings (SSSR count). The zero-order valence-electron chi connectivity index (χ0n) is 30.0. The van der Waals surface area contributed by atoms with Gasteiger partial charge in [0.05, 0.1) is 36.0 Å². The molecule has 3 heterocycles. The molecule has 260 valence electrons.